The van der Waals surface area contributed by atoms with Gasteiger partial charge < -0.3 is 10.2 Å². The molecule has 0 aliphatic carbocycles. The van der Waals surface area contributed by atoms with E-state index in [1.807, 2.05) is 19.2 Å². The van der Waals surface area contributed by atoms with Crippen LogP contribution >= 0.6 is 23.4 Å². The Morgan fingerprint density at radius 2 is 2.15 bits per heavy atom. The smallest absolute Gasteiger partial charge is 0.0453 e. The number of benzene rings is 1. The highest BCUT2D eigenvalue weighted by molar-refractivity contribution is 8.00. The second-order valence-electron chi connectivity index (χ2n) is 6.04. The Bertz CT molecular complexity index is 436. The van der Waals surface area contributed by atoms with Crippen molar-refractivity contribution in [1.82, 2.24) is 10.2 Å². The van der Waals surface area contributed by atoms with Crippen LogP contribution in [0.2, 0.25) is 5.02 Å². The van der Waals surface area contributed by atoms with Gasteiger partial charge in [-0.2, -0.15) is 11.8 Å². The summed E-state index contributed by atoms with van der Waals surface area (Å²) in [6.45, 7) is 8.19. The Labute approximate surface area is 132 Å². The molecule has 0 spiro atoms. The summed E-state index contributed by atoms with van der Waals surface area (Å²) in [7, 11) is 2.02. The molecule has 0 radical (unpaired) electrons. The van der Waals surface area contributed by atoms with E-state index in [0.717, 1.165) is 18.0 Å². The Kier molecular flexibility index (Phi) is 5.79. The highest BCUT2D eigenvalue weighted by Crippen LogP contribution is 2.30. The maximum Gasteiger partial charge on any atom is 0.0453 e. The minimum absolute atomic E-state index is 0.335. The number of hydrogen-bond donors (Lipinski definition) is 1. The van der Waals surface area contributed by atoms with Crippen molar-refractivity contribution >= 4 is 23.4 Å². The number of thioether (sulfide) groups is 1. The van der Waals surface area contributed by atoms with Gasteiger partial charge in [-0.05, 0) is 38.9 Å². The first-order valence-electron chi connectivity index (χ1n) is 7.30. The topological polar surface area (TPSA) is 15.3 Å². The Hall–Kier alpha value is -0.220. The summed E-state index contributed by atoms with van der Waals surface area (Å²) in [6, 6.07) is 8.48. The van der Waals surface area contributed by atoms with Gasteiger partial charge in [-0.1, -0.05) is 29.8 Å². The zero-order chi connectivity index (χ0) is 14.6. The van der Waals surface area contributed by atoms with E-state index in [1.165, 1.54) is 24.4 Å². The molecule has 2 nitrogen and oxygen atoms in total. The van der Waals surface area contributed by atoms with E-state index in [-0.39, 0.29) is 0 Å². The predicted molar refractivity (Wildman–Crippen MR) is 90.8 cm³/mol. The average molecular weight is 313 g/mol. The molecule has 1 aliphatic rings. The Morgan fingerprint density at radius 3 is 2.80 bits per heavy atom. The van der Waals surface area contributed by atoms with Gasteiger partial charge >= 0.3 is 0 Å². The fraction of sp³-hybridized carbons (Fsp3) is 0.625. The van der Waals surface area contributed by atoms with Crippen molar-refractivity contribution in [1.29, 1.82) is 0 Å². The zero-order valence-electron chi connectivity index (χ0n) is 12.7. The van der Waals surface area contributed by atoms with Gasteiger partial charge in [0, 0.05) is 41.2 Å². The molecular formula is C16H25ClN2S. The fourth-order valence-corrected chi connectivity index (χ4v) is 4.27. The molecule has 1 unspecified atom stereocenters. The van der Waals surface area contributed by atoms with Crippen molar-refractivity contribution in [2.24, 2.45) is 0 Å². The van der Waals surface area contributed by atoms with Crippen molar-refractivity contribution in [3.8, 4) is 0 Å². The zero-order valence-corrected chi connectivity index (χ0v) is 14.2. The van der Waals surface area contributed by atoms with Gasteiger partial charge in [0.15, 0.2) is 0 Å². The van der Waals surface area contributed by atoms with Crippen LogP contribution in [0.1, 0.15) is 31.9 Å². The molecule has 1 aromatic rings. The first-order valence-corrected chi connectivity index (χ1v) is 8.66. The Balaban J connectivity index is 1.93. The molecule has 0 saturated carbocycles. The van der Waals surface area contributed by atoms with Crippen LogP contribution in [-0.2, 0) is 0 Å². The summed E-state index contributed by atoms with van der Waals surface area (Å²) in [6.07, 6.45) is 1.10. The third-order valence-corrected chi connectivity index (χ3v) is 5.51. The average Bonchev–Trinajstić information content (AvgIpc) is 2.40. The van der Waals surface area contributed by atoms with E-state index in [2.05, 4.69) is 48.0 Å². The maximum atomic E-state index is 6.31. The van der Waals surface area contributed by atoms with Gasteiger partial charge in [-0.15, -0.1) is 0 Å². The van der Waals surface area contributed by atoms with Gasteiger partial charge in [-0.3, -0.25) is 0 Å². The second-order valence-corrected chi connectivity index (χ2v) is 8.25. The summed E-state index contributed by atoms with van der Waals surface area (Å²) in [5, 5.41) is 4.27. The van der Waals surface area contributed by atoms with Gasteiger partial charge in [0.05, 0.1) is 0 Å². The lowest BCUT2D eigenvalue weighted by molar-refractivity contribution is 0.247. The van der Waals surface area contributed by atoms with Crippen LogP contribution in [0.3, 0.4) is 0 Å². The molecule has 1 fully saturated rings. The molecule has 1 atom stereocenters. The molecule has 1 saturated heterocycles. The summed E-state index contributed by atoms with van der Waals surface area (Å²) in [5.41, 5.74) is 1.21. The highest BCUT2D eigenvalue weighted by Gasteiger charge is 2.27. The third kappa shape index (κ3) is 4.39. The summed E-state index contributed by atoms with van der Waals surface area (Å²) in [5.74, 6) is 1.24. The van der Waals surface area contributed by atoms with Crippen LogP contribution < -0.4 is 5.32 Å². The molecular weight excluding hydrogens is 288 g/mol. The predicted octanol–water partition coefficient (Wildman–Crippen LogP) is 3.82. The molecule has 0 aromatic heterocycles. The van der Waals surface area contributed by atoms with Crippen LogP contribution in [0.5, 0.6) is 0 Å². The molecule has 20 heavy (non-hydrogen) atoms. The minimum Gasteiger partial charge on any atom is -0.313 e. The van der Waals surface area contributed by atoms with Crippen LogP contribution in [0, 0.1) is 0 Å². The second kappa shape index (κ2) is 7.17. The minimum atomic E-state index is 0.335. The largest absolute Gasteiger partial charge is 0.313 e. The van der Waals surface area contributed by atoms with E-state index in [9.17, 15) is 0 Å². The summed E-state index contributed by atoms with van der Waals surface area (Å²) >= 11 is 8.39. The van der Waals surface area contributed by atoms with E-state index in [0.29, 0.717) is 10.8 Å². The fourth-order valence-electron chi connectivity index (χ4n) is 2.83. The molecule has 1 N–H and O–H groups in total. The van der Waals surface area contributed by atoms with Gasteiger partial charge in [0.25, 0.3) is 0 Å². The first-order chi connectivity index (χ1) is 9.52. The van der Waals surface area contributed by atoms with Crippen molar-refractivity contribution < 1.29 is 0 Å². The normalized spacial score (nSPS) is 20.8. The summed E-state index contributed by atoms with van der Waals surface area (Å²) < 4.78 is 0.387. The van der Waals surface area contributed by atoms with Gasteiger partial charge in [0.2, 0.25) is 0 Å². The molecule has 1 aliphatic heterocycles. The number of hydrogen-bond acceptors (Lipinski definition) is 3. The van der Waals surface area contributed by atoms with Crippen molar-refractivity contribution in [3.05, 3.63) is 34.9 Å². The van der Waals surface area contributed by atoms with E-state index >= 15 is 0 Å². The number of nitrogens with one attached hydrogen (secondary N) is 1. The molecule has 4 heteroatoms. The molecule has 112 valence electrons. The number of nitrogens with zero attached hydrogens (tertiary/aromatic N) is 1. The van der Waals surface area contributed by atoms with E-state index in [1.54, 1.807) is 0 Å². The van der Waals surface area contributed by atoms with E-state index < -0.39 is 0 Å². The van der Waals surface area contributed by atoms with Crippen LogP contribution in [-0.4, -0.2) is 42.1 Å². The highest BCUT2D eigenvalue weighted by atomic mass is 35.5. The molecule has 0 bridgehead atoms. The lowest BCUT2D eigenvalue weighted by Gasteiger charge is -2.38. The van der Waals surface area contributed by atoms with Crippen molar-refractivity contribution in [2.75, 3.05) is 32.4 Å². The molecule has 0 amide bonds. The monoisotopic (exact) mass is 312 g/mol. The molecule has 1 aromatic carbocycles. The van der Waals surface area contributed by atoms with E-state index in [4.69, 9.17) is 11.6 Å². The maximum absolute atomic E-state index is 6.31. The van der Waals surface area contributed by atoms with Gasteiger partial charge in [-0.25, -0.2) is 0 Å². The van der Waals surface area contributed by atoms with Crippen LogP contribution in [0.4, 0.5) is 0 Å². The first kappa shape index (κ1) is 16.2. The standard InChI is InChI=1S/C16H25ClN2S/c1-16(2)12-19(10-11-20-16)9-8-15(18-3)13-6-4-5-7-14(13)17/h4-7,15,18H,8-12H2,1-3H3. The van der Waals surface area contributed by atoms with Crippen LogP contribution in [0.15, 0.2) is 24.3 Å². The third-order valence-electron chi connectivity index (χ3n) is 3.87. The summed E-state index contributed by atoms with van der Waals surface area (Å²) in [4.78, 5) is 2.58. The SMILES string of the molecule is CNC(CCN1CCSC(C)(C)C1)c1ccccc1Cl. The van der Waals surface area contributed by atoms with Gasteiger partial charge in [0.1, 0.15) is 0 Å². The van der Waals surface area contributed by atoms with Crippen LogP contribution in [0.25, 0.3) is 0 Å². The lowest BCUT2D eigenvalue weighted by atomic mass is 10.0. The molecule has 2 rings (SSSR count). The number of halogens is 1. The quantitative estimate of drug-likeness (QED) is 0.890. The Morgan fingerprint density at radius 1 is 1.40 bits per heavy atom. The lowest BCUT2D eigenvalue weighted by Crippen LogP contribution is -2.44. The number of rotatable bonds is 5. The molecule has 1 heterocycles. The van der Waals surface area contributed by atoms with Crippen molar-refractivity contribution in [3.63, 3.8) is 0 Å². The van der Waals surface area contributed by atoms with Crippen molar-refractivity contribution in [2.45, 2.75) is 31.1 Å².